The number of rotatable bonds is 5. The molecule has 0 fully saturated rings. The molecule has 1 N–H and O–H groups in total. The van der Waals surface area contributed by atoms with Crippen LogP contribution in [0.2, 0.25) is 0 Å². The van der Waals surface area contributed by atoms with E-state index >= 15 is 0 Å². The quantitative estimate of drug-likeness (QED) is 0.819. The number of benzene rings is 1. The zero-order chi connectivity index (χ0) is 10.4. The molecule has 0 aliphatic carbocycles. The van der Waals surface area contributed by atoms with Crippen molar-refractivity contribution in [2.75, 3.05) is 25.6 Å². The fourth-order valence-electron chi connectivity index (χ4n) is 1.32. The van der Waals surface area contributed by atoms with Crippen molar-refractivity contribution in [3.05, 3.63) is 28.2 Å². The first kappa shape index (κ1) is 11.5. The first-order chi connectivity index (χ1) is 6.77. The number of methoxy groups -OCH3 is 1. The maximum atomic E-state index is 4.99. The lowest BCUT2D eigenvalue weighted by Gasteiger charge is -2.10. The van der Waals surface area contributed by atoms with E-state index in [0.29, 0.717) is 0 Å². The molecule has 14 heavy (non-hydrogen) atoms. The molecule has 0 amide bonds. The number of aryl methyl sites for hydroxylation is 1. The third-order valence-corrected chi connectivity index (χ3v) is 2.56. The molecule has 0 bridgehead atoms. The van der Waals surface area contributed by atoms with Gasteiger partial charge in [-0.15, -0.1) is 0 Å². The first-order valence-electron chi connectivity index (χ1n) is 4.79. The van der Waals surface area contributed by atoms with E-state index in [1.54, 1.807) is 7.11 Å². The van der Waals surface area contributed by atoms with Crippen molar-refractivity contribution in [3.63, 3.8) is 0 Å². The van der Waals surface area contributed by atoms with Gasteiger partial charge in [-0.2, -0.15) is 0 Å². The van der Waals surface area contributed by atoms with Gasteiger partial charge in [-0.3, -0.25) is 0 Å². The van der Waals surface area contributed by atoms with Gasteiger partial charge in [-0.25, -0.2) is 0 Å². The smallest absolute Gasteiger partial charge is 0.0635 e. The highest BCUT2D eigenvalue weighted by Crippen LogP contribution is 2.21. The highest BCUT2D eigenvalue weighted by Gasteiger charge is 2.00. The minimum absolute atomic E-state index is 0.735. The van der Waals surface area contributed by atoms with Crippen LogP contribution in [0.1, 0.15) is 12.5 Å². The maximum Gasteiger partial charge on any atom is 0.0635 e. The van der Waals surface area contributed by atoms with Crippen LogP contribution in [0.25, 0.3) is 0 Å². The molecule has 0 spiro atoms. The molecular formula is C11H16BrNO. The van der Waals surface area contributed by atoms with E-state index in [1.807, 2.05) is 6.07 Å². The van der Waals surface area contributed by atoms with Crippen molar-refractivity contribution in [2.24, 2.45) is 0 Å². The van der Waals surface area contributed by atoms with Crippen LogP contribution in [0.5, 0.6) is 0 Å². The second-order valence-corrected chi connectivity index (χ2v) is 3.99. The highest BCUT2D eigenvalue weighted by atomic mass is 79.9. The fraction of sp³-hybridized carbons (Fsp3) is 0.455. The second-order valence-electron chi connectivity index (χ2n) is 3.07. The van der Waals surface area contributed by atoms with Gasteiger partial charge < -0.3 is 10.1 Å². The molecule has 0 heterocycles. The third kappa shape index (κ3) is 3.31. The summed E-state index contributed by atoms with van der Waals surface area (Å²) in [6.07, 6.45) is 1.04. The molecule has 0 aliphatic rings. The lowest BCUT2D eigenvalue weighted by molar-refractivity contribution is 0.211. The van der Waals surface area contributed by atoms with E-state index in [1.165, 1.54) is 11.3 Å². The Bertz CT molecular complexity index is 289. The van der Waals surface area contributed by atoms with Gasteiger partial charge in [0.25, 0.3) is 0 Å². The Hall–Kier alpha value is -0.540. The average Bonchev–Trinajstić information content (AvgIpc) is 2.20. The summed E-state index contributed by atoms with van der Waals surface area (Å²) in [6.45, 7) is 3.74. The normalized spacial score (nSPS) is 10.2. The van der Waals surface area contributed by atoms with Crippen molar-refractivity contribution in [2.45, 2.75) is 13.3 Å². The Morgan fingerprint density at radius 3 is 2.86 bits per heavy atom. The SMILES string of the molecule is CCc1cc(Br)ccc1NCCOC. The average molecular weight is 258 g/mol. The number of anilines is 1. The molecule has 1 aromatic rings. The molecule has 0 atom stereocenters. The Labute approximate surface area is 93.8 Å². The van der Waals surface area contributed by atoms with Gasteiger partial charge >= 0.3 is 0 Å². The second kappa shape index (κ2) is 6.04. The standard InChI is InChI=1S/C11H16BrNO/c1-3-9-8-10(12)4-5-11(9)13-6-7-14-2/h4-5,8,13H,3,6-7H2,1-2H3. The predicted octanol–water partition coefficient (Wildman–Crippen LogP) is 3.07. The zero-order valence-electron chi connectivity index (χ0n) is 8.64. The first-order valence-corrected chi connectivity index (χ1v) is 5.58. The number of hydrogen-bond donors (Lipinski definition) is 1. The Balaban J connectivity index is 2.65. The highest BCUT2D eigenvalue weighted by molar-refractivity contribution is 9.10. The molecule has 1 aromatic carbocycles. The third-order valence-electron chi connectivity index (χ3n) is 2.07. The van der Waals surface area contributed by atoms with Crippen LogP contribution in [-0.2, 0) is 11.2 Å². The van der Waals surface area contributed by atoms with Crippen LogP contribution >= 0.6 is 15.9 Å². The molecule has 0 aliphatic heterocycles. The van der Waals surface area contributed by atoms with E-state index in [0.717, 1.165) is 24.0 Å². The summed E-state index contributed by atoms with van der Waals surface area (Å²) < 4.78 is 6.12. The number of halogens is 1. The zero-order valence-corrected chi connectivity index (χ0v) is 10.2. The van der Waals surface area contributed by atoms with Crippen molar-refractivity contribution in [1.29, 1.82) is 0 Å². The number of hydrogen-bond acceptors (Lipinski definition) is 2. The van der Waals surface area contributed by atoms with Gasteiger partial charge in [0.2, 0.25) is 0 Å². The molecule has 0 saturated heterocycles. The number of nitrogens with one attached hydrogen (secondary N) is 1. The Morgan fingerprint density at radius 2 is 2.21 bits per heavy atom. The van der Waals surface area contributed by atoms with E-state index in [4.69, 9.17) is 4.74 Å². The maximum absolute atomic E-state index is 4.99. The molecule has 2 nitrogen and oxygen atoms in total. The predicted molar refractivity (Wildman–Crippen MR) is 63.9 cm³/mol. The van der Waals surface area contributed by atoms with Gasteiger partial charge in [0.1, 0.15) is 0 Å². The molecule has 3 heteroatoms. The Morgan fingerprint density at radius 1 is 1.43 bits per heavy atom. The number of ether oxygens (including phenoxy) is 1. The van der Waals surface area contributed by atoms with Gasteiger partial charge in [0.05, 0.1) is 6.61 Å². The van der Waals surface area contributed by atoms with Crippen molar-refractivity contribution >= 4 is 21.6 Å². The summed E-state index contributed by atoms with van der Waals surface area (Å²) in [4.78, 5) is 0. The minimum atomic E-state index is 0.735. The van der Waals surface area contributed by atoms with E-state index < -0.39 is 0 Å². The lowest BCUT2D eigenvalue weighted by atomic mass is 10.1. The summed E-state index contributed by atoms with van der Waals surface area (Å²) in [5.41, 5.74) is 2.53. The topological polar surface area (TPSA) is 21.3 Å². The van der Waals surface area contributed by atoms with E-state index in [2.05, 4.69) is 40.3 Å². The van der Waals surface area contributed by atoms with Gasteiger partial charge in [0.15, 0.2) is 0 Å². The molecule has 0 radical (unpaired) electrons. The van der Waals surface area contributed by atoms with Crippen LogP contribution < -0.4 is 5.32 Å². The van der Waals surface area contributed by atoms with Gasteiger partial charge in [-0.05, 0) is 30.2 Å². The van der Waals surface area contributed by atoms with Crippen molar-refractivity contribution in [3.8, 4) is 0 Å². The summed E-state index contributed by atoms with van der Waals surface area (Å²) in [5, 5.41) is 3.35. The van der Waals surface area contributed by atoms with Crippen molar-refractivity contribution < 1.29 is 4.74 Å². The largest absolute Gasteiger partial charge is 0.383 e. The molecule has 1 rings (SSSR count). The van der Waals surface area contributed by atoms with E-state index in [9.17, 15) is 0 Å². The van der Waals surface area contributed by atoms with Gasteiger partial charge in [0, 0.05) is 23.8 Å². The summed E-state index contributed by atoms with van der Waals surface area (Å²) >= 11 is 3.47. The molecule has 0 unspecified atom stereocenters. The van der Waals surface area contributed by atoms with Crippen LogP contribution in [0.3, 0.4) is 0 Å². The molecule has 0 aromatic heterocycles. The summed E-state index contributed by atoms with van der Waals surface area (Å²) in [7, 11) is 1.71. The summed E-state index contributed by atoms with van der Waals surface area (Å²) in [5.74, 6) is 0. The van der Waals surface area contributed by atoms with Crippen LogP contribution in [0.4, 0.5) is 5.69 Å². The monoisotopic (exact) mass is 257 g/mol. The Kier molecular flexibility index (Phi) is 4.98. The molecule has 78 valence electrons. The van der Waals surface area contributed by atoms with Crippen LogP contribution in [-0.4, -0.2) is 20.3 Å². The lowest BCUT2D eigenvalue weighted by Crippen LogP contribution is -2.09. The molecule has 0 saturated carbocycles. The van der Waals surface area contributed by atoms with Crippen molar-refractivity contribution in [1.82, 2.24) is 0 Å². The van der Waals surface area contributed by atoms with E-state index in [-0.39, 0.29) is 0 Å². The van der Waals surface area contributed by atoms with Crippen LogP contribution in [0, 0.1) is 0 Å². The van der Waals surface area contributed by atoms with Crippen LogP contribution in [0.15, 0.2) is 22.7 Å². The fourth-order valence-corrected chi connectivity index (χ4v) is 1.72. The molecular weight excluding hydrogens is 242 g/mol. The summed E-state index contributed by atoms with van der Waals surface area (Å²) in [6, 6.07) is 6.29. The minimum Gasteiger partial charge on any atom is -0.383 e. The van der Waals surface area contributed by atoms with Gasteiger partial charge in [-0.1, -0.05) is 22.9 Å².